The summed E-state index contributed by atoms with van der Waals surface area (Å²) < 4.78 is 0. The number of fused-ring (bicyclic) bond motifs is 9. The van der Waals surface area contributed by atoms with Gasteiger partial charge in [-0.05, 0) is 93.4 Å². The van der Waals surface area contributed by atoms with Crippen molar-refractivity contribution in [2.24, 2.45) is 23.5 Å². The van der Waals surface area contributed by atoms with E-state index in [1.165, 1.54) is 33.4 Å². The Balaban J connectivity index is 1.15. The van der Waals surface area contributed by atoms with Crippen molar-refractivity contribution >= 4 is 144 Å². The molecule has 122 heavy (non-hydrogen) atoms. The van der Waals surface area contributed by atoms with Gasteiger partial charge in [-0.3, -0.25) is 81.5 Å². The molecule has 42 heteroatoms. The summed E-state index contributed by atoms with van der Waals surface area (Å²) in [5.41, 5.74) is 8.93. The molecule has 9 rings (SSSR count). The number of hydrogen-bond donors (Lipinski definition) is 19. The zero-order valence-corrected chi connectivity index (χ0v) is 70.8. The van der Waals surface area contributed by atoms with E-state index < -0.39 is 241 Å². The van der Waals surface area contributed by atoms with Crippen molar-refractivity contribution in [1.29, 1.82) is 0 Å². The maximum atomic E-state index is 15.5. The molecule has 2 aromatic carbocycles. The van der Waals surface area contributed by atoms with E-state index in [2.05, 4.69) is 83.7 Å². The van der Waals surface area contributed by atoms with Crippen LogP contribution in [0.4, 0.5) is 0 Å². The van der Waals surface area contributed by atoms with Gasteiger partial charge in [0.1, 0.15) is 84.6 Å². The van der Waals surface area contributed by atoms with Gasteiger partial charge in [-0.25, -0.2) is 4.98 Å². The van der Waals surface area contributed by atoms with Crippen molar-refractivity contribution < 1.29 is 96.8 Å². The first-order valence-electron chi connectivity index (χ1n) is 40.5. The zero-order chi connectivity index (χ0) is 89.1. The number of rotatable bonds is 17. The monoisotopic (exact) mass is 1730 g/mol. The van der Waals surface area contributed by atoms with Crippen LogP contribution in [0, 0.1) is 17.8 Å². The molecular weight excluding hydrogens is 1630 g/mol. The van der Waals surface area contributed by atoms with Gasteiger partial charge in [0.05, 0.1) is 25.4 Å². The van der Waals surface area contributed by atoms with Crippen molar-refractivity contribution in [1.82, 2.24) is 98.4 Å². The summed E-state index contributed by atoms with van der Waals surface area (Å²) in [5.74, 6) is -20.6. The molecule has 20 N–H and O–H groups in total. The van der Waals surface area contributed by atoms with Gasteiger partial charge in [-0.2, -0.15) is 0 Å². The van der Waals surface area contributed by atoms with Crippen LogP contribution in [-0.2, 0) is 101 Å². The lowest BCUT2D eigenvalue weighted by Gasteiger charge is -2.34. The summed E-state index contributed by atoms with van der Waals surface area (Å²) in [7, 11) is 2.83. The number of aliphatic hydroxyl groups excluding tert-OH is 1. The number of imidazole rings is 1. The lowest BCUT2D eigenvalue weighted by molar-refractivity contribution is -0.149. The first kappa shape index (κ1) is 94.2. The highest BCUT2D eigenvalue weighted by Gasteiger charge is 2.48. The van der Waals surface area contributed by atoms with Crippen LogP contribution in [-0.4, -0.2) is 285 Å². The zero-order valence-electron chi connectivity index (χ0n) is 69.2. The molecule has 4 fully saturated rings. The Kier molecular flexibility index (Phi) is 33.4. The van der Waals surface area contributed by atoms with E-state index in [-0.39, 0.29) is 76.3 Å². The van der Waals surface area contributed by atoms with E-state index in [9.17, 15) is 68.1 Å². The number of carbonyl (C=O) groups excluding carboxylic acids is 15. The summed E-state index contributed by atoms with van der Waals surface area (Å²) >= 11 is 0. The van der Waals surface area contributed by atoms with Crippen molar-refractivity contribution in [3.05, 3.63) is 90.3 Å². The van der Waals surface area contributed by atoms with E-state index in [1.807, 2.05) is 0 Å². The number of carboxylic acid groups (broad SMARTS) is 2. The Bertz CT molecular complexity index is 4670. The lowest BCUT2D eigenvalue weighted by Crippen LogP contribution is -2.63. The number of nitrogens with two attached hydrogens (primary N) is 1. The molecule has 0 spiro atoms. The Morgan fingerprint density at radius 2 is 1.07 bits per heavy atom. The molecule has 0 radical (unpaired) electrons. The molecule has 16 atom stereocenters. The normalized spacial score (nSPS) is 27.0. The van der Waals surface area contributed by atoms with Crippen LogP contribution in [0.3, 0.4) is 0 Å². The second-order valence-corrected chi connectivity index (χ2v) is 34.9. The molecule has 4 saturated heterocycles. The van der Waals surface area contributed by atoms with Crippen LogP contribution in [0.15, 0.2) is 73.4 Å². The smallest absolute Gasteiger partial charge is 0.305 e. The number of aliphatic carboxylic acids is 2. The van der Waals surface area contributed by atoms with E-state index in [4.69, 9.17) is 5.73 Å². The topological polar surface area (TPSA) is 591 Å². The minimum atomic E-state index is -1.99. The van der Waals surface area contributed by atoms with E-state index in [0.29, 0.717) is 38.6 Å². The van der Waals surface area contributed by atoms with Crippen LogP contribution in [0.2, 0.25) is 0 Å². The standard InChI is InChI=1S/C80H110N20O20S2/c1-38(2)23-52-68(108)85-33-62(102)88-51(20-21-63(103)104)69(109)89-53(24-39(3)4)72(112)96-65(40(5)6)77(117)92-54(25-43-30-83-49-17-12-10-15-47(43)49)70(110)95-58-36-122-121-35-57(94-71(111)55(29-64(105)106)91-76(116)61-27-45(81)34-100(61)79(119)59-19-14-22-99(59)80(120)66(42(8)101)97-74(58)114)73(113)87-41(7)67(107)93-56(26-44-31-84-50-18-13-11-16-48(44)50)78(118)98(9)60(75(115)90-52)28-46-32-82-37-86-46/h10-13,15-18,30-32,37-42,45,51-61,65-66,83-84,101H,14,19-29,33-36,81H2,1-9H3,(H,82,86)(H,85,108)(H,87,113)(H,88,102)(H,89,109)(H,90,115)(H,91,116)(H,92,117)(H,93,107)(H,94,111)(H,95,110)(H,96,112)(H,97,114)(H,103,104)(H,105,106)/t41-,42+,45-,51-,52-,53-,54-,55-,56-,57-,58-,59+,60-,61-,65-,66-/m0/s1. The molecule has 0 unspecified atom stereocenters. The van der Waals surface area contributed by atoms with Crippen molar-refractivity contribution in [2.75, 3.05) is 38.2 Å². The number of carboxylic acids is 2. The third-order valence-corrected chi connectivity index (χ3v) is 24.0. The summed E-state index contributed by atoms with van der Waals surface area (Å²) in [6.07, 6.45) is 0.795. The highest BCUT2D eigenvalue weighted by Crippen LogP contribution is 2.29. The Labute approximate surface area is 710 Å². The number of benzene rings is 2. The Hall–Kier alpha value is -11.7. The van der Waals surface area contributed by atoms with E-state index in [0.717, 1.165) is 36.3 Å². The molecule has 0 aliphatic carbocycles. The number of para-hydroxylation sites is 2. The molecule has 5 aromatic rings. The number of aromatic nitrogens is 4. The Morgan fingerprint density at radius 3 is 1.64 bits per heavy atom. The average Bonchev–Trinajstić information content (AvgIpc) is 1.63. The van der Waals surface area contributed by atoms with Gasteiger partial charge in [-0.1, -0.05) is 99.5 Å². The number of aromatic amines is 3. The predicted octanol–water partition coefficient (Wildman–Crippen LogP) is -2.51. The maximum Gasteiger partial charge on any atom is 0.305 e. The van der Waals surface area contributed by atoms with Crippen LogP contribution < -0.4 is 69.5 Å². The molecule has 40 nitrogen and oxygen atoms in total. The molecule has 0 saturated carbocycles. The third kappa shape index (κ3) is 25.3. The van der Waals surface area contributed by atoms with Crippen LogP contribution in [0.5, 0.6) is 0 Å². The number of H-pyrrole nitrogens is 3. The predicted molar refractivity (Wildman–Crippen MR) is 445 cm³/mol. The van der Waals surface area contributed by atoms with Gasteiger partial charge >= 0.3 is 11.9 Å². The molecule has 4 aliphatic rings. The molecular formula is C80H110N20O20S2. The lowest BCUT2D eigenvalue weighted by atomic mass is 9.98. The molecule has 662 valence electrons. The fourth-order valence-corrected chi connectivity index (χ4v) is 17.4. The quantitative estimate of drug-likeness (QED) is 0.0428. The van der Waals surface area contributed by atoms with Crippen molar-refractivity contribution in [3.8, 4) is 0 Å². The summed E-state index contributed by atoms with van der Waals surface area (Å²) in [6.45, 7) is 11.3. The SMILES string of the molecule is CC(C)C[C@@H]1NC(=O)[C@H](CCC(=O)O)NC(=O)CNC(=O)[C@H](CC(C)C)NC(=O)[C@H](Cc2cnc[nH]2)N(C)C(=O)[C@H](Cc2c[nH]c3ccccc23)NC(=O)[C@H](C)NC(=O)[C@@H]2CSSC[C@H](NC(=O)[C@H](Cc3c[nH]c4ccccc34)NC(=O)[C@H](C(C)C)NC1=O)C(=O)N[C@@H]([C@@H](C)O)C(=O)N1CCC[C@@H]1C(=O)N1C[C@@H](N)C[C@H]1C(=O)N[C@@H](CC(=O)O)C(=O)N2. The second-order valence-electron chi connectivity index (χ2n) is 32.4. The first-order valence-corrected chi connectivity index (χ1v) is 43.0. The molecule has 15 amide bonds. The van der Waals surface area contributed by atoms with E-state index in [1.54, 1.807) is 102 Å². The molecule has 2 bridgehead atoms. The third-order valence-electron chi connectivity index (χ3n) is 21.5. The van der Waals surface area contributed by atoms with Gasteiger partial charge in [0.15, 0.2) is 0 Å². The molecule has 4 aliphatic heterocycles. The number of hydrogen-bond acceptors (Lipinski definition) is 22. The highest BCUT2D eigenvalue weighted by atomic mass is 33.1. The fourth-order valence-electron chi connectivity index (χ4n) is 15.1. The van der Waals surface area contributed by atoms with Gasteiger partial charge in [-0.15, -0.1) is 0 Å². The highest BCUT2D eigenvalue weighted by molar-refractivity contribution is 8.76. The number of amides is 15. The summed E-state index contributed by atoms with van der Waals surface area (Å²) in [6, 6.07) is -9.77. The minimum Gasteiger partial charge on any atom is -0.481 e. The van der Waals surface area contributed by atoms with Crippen LogP contribution in [0.1, 0.15) is 124 Å². The van der Waals surface area contributed by atoms with Gasteiger partial charge in [0.25, 0.3) is 0 Å². The summed E-state index contributed by atoms with van der Waals surface area (Å²) in [5, 5.41) is 64.0. The minimum absolute atomic E-state index is 0.0138. The average molecular weight is 1740 g/mol. The molecule has 3 aromatic heterocycles. The number of carbonyl (C=O) groups is 17. The second kappa shape index (κ2) is 43.2. The van der Waals surface area contributed by atoms with Gasteiger partial charge < -0.3 is 115 Å². The molecule has 7 heterocycles. The van der Waals surface area contributed by atoms with Crippen LogP contribution >= 0.6 is 21.6 Å². The van der Waals surface area contributed by atoms with Gasteiger partial charge in [0.2, 0.25) is 88.6 Å². The number of likely N-dealkylation sites (N-methyl/N-ethyl adjacent to an activating group) is 1. The van der Waals surface area contributed by atoms with Crippen LogP contribution in [0.25, 0.3) is 21.8 Å². The Morgan fingerprint density at radius 1 is 0.533 bits per heavy atom. The maximum absolute atomic E-state index is 15.5. The fraction of sp³-hybridized carbons (Fsp3) is 0.550. The largest absolute Gasteiger partial charge is 0.481 e. The number of nitrogens with zero attached hydrogens (tertiary/aromatic N) is 4. The van der Waals surface area contributed by atoms with Crippen molar-refractivity contribution in [2.45, 2.75) is 223 Å². The van der Waals surface area contributed by atoms with Crippen molar-refractivity contribution in [3.63, 3.8) is 0 Å². The summed E-state index contributed by atoms with van der Waals surface area (Å²) in [4.78, 5) is 265. The van der Waals surface area contributed by atoms with E-state index >= 15 is 28.8 Å². The van der Waals surface area contributed by atoms with Gasteiger partial charge in [0, 0.05) is 109 Å². The number of nitrogens with one attached hydrogen (secondary N) is 15. The first-order chi connectivity index (χ1) is 57.8. The number of aliphatic hydroxyl groups is 1.